The van der Waals surface area contributed by atoms with Gasteiger partial charge in [0.05, 0.1) is 35.0 Å². The number of methoxy groups -OCH3 is 4. The summed E-state index contributed by atoms with van der Waals surface area (Å²) >= 11 is 0. The Hall–Kier alpha value is -4.20. The van der Waals surface area contributed by atoms with Gasteiger partial charge in [-0.3, -0.25) is 9.59 Å². The largest absolute Gasteiger partial charge is 0.497 e. The Bertz CT molecular complexity index is 1250. The molecule has 0 spiro atoms. The number of nitrogens with zero attached hydrogens (tertiary/aromatic N) is 2. The van der Waals surface area contributed by atoms with E-state index in [2.05, 4.69) is 31.2 Å². The zero-order chi connectivity index (χ0) is 29.2. The number of aryl methyl sites for hydroxylation is 2. The van der Waals surface area contributed by atoms with Gasteiger partial charge in [0.1, 0.15) is 11.8 Å². The maximum Gasteiger partial charge on any atom is 0.245 e. The van der Waals surface area contributed by atoms with Gasteiger partial charge in [0, 0.05) is 13.6 Å². The second kappa shape index (κ2) is 14.3. The van der Waals surface area contributed by atoms with Crippen molar-refractivity contribution in [3.05, 3.63) is 71.8 Å². The van der Waals surface area contributed by atoms with Crippen LogP contribution >= 0.6 is 0 Å². The molecular weight excluding hydrogens is 508 g/mol. The highest BCUT2D eigenvalue weighted by molar-refractivity contribution is 5.94. The predicted octanol–water partition coefficient (Wildman–Crippen LogP) is 5.00. The summed E-state index contributed by atoms with van der Waals surface area (Å²) in [5, 5.41) is 0. The van der Waals surface area contributed by atoms with Gasteiger partial charge >= 0.3 is 0 Å². The Kier molecular flexibility index (Phi) is 10.8. The van der Waals surface area contributed by atoms with Crippen molar-refractivity contribution in [2.75, 3.05) is 48.6 Å². The molecule has 0 radical (unpaired) electrons. The van der Waals surface area contributed by atoms with E-state index in [0.29, 0.717) is 23.8 Å². The third-order valence-corrected chi connectivity index (χ3v) is 6.97. The molecule has 1 fully saturated rings. The molecule has 0 saturated carbocycles. The van der Waals surface area contributed by atoms with Crippen molar-refractivity contribution in [3.8, 4) is 34.1 Å². The number of carbonyl (C=O) groups is 2. The molecule has 0 N–H and O–H groups in total. The summed E-state index contributed by atoms with van der Waals surface area (Å²) in [6, 6.07) is 19.8. The molecule has 1 heterocycles. The van der Waals surface area contributed by atoms with Crippen LogP contribution < -0.4 is 18.9 Å². The van der Waals surface area contributed by atoms with Crippen molar-refractivity contribution in [3.63, 3.8) is 0 Å². The second-order valence-corrected chi connectivity index (χ2v) is 9.69. The van der Waals surface area contributed by atoms with E-state index in [1.165, 1.54) is 16.0 Å². The zero-order valence-corrected chi connectivity index (χ0v) is 24.5. The van der Waals surface area contributed by atoms with Gasteiger partial charge in [-0.15, -0.1) is 0 Å². The molecule has 0 bridgehead atoms. The Morgan fingerprint density at radius 1 is 0.800 bits per heavy atom. The second-order valence-electron chi connectivity index (χ2n) is 9.69. The van der Waals surface area contributed by atoms with Crippen molar-refractivity contribution in [2.45, 2.75) is 32.7 Å². The van der Waals surface area contributed by atoms with Gasteiger partial charge in [0.25, 0.3) is 0 Å². The molecule has 4 rings (SSSR count). The zero-order valence-electron chi connectivity index (χ0n) is 24.5. The molecule has 1 aliphatic heterocycles. The average Bonchev–Trinajstić information content (AvgIpc) is 2.98. The lowest BCUT2D eigenvalue weighted by Gasteiger charge is -2.37. The molecule has 1 atom stereocenters. The number of amides is 2. The van der Waals surface area contributed by atoms with E-state index in [1.807, 2.05) is 36.4 Å². The minimum Gasteiger partial charge on any atom is -0.497 e. The minimum atomic E-state index is -0.355. The fourth-order valence-corrected chi connectivity index (χ4v) is 4.60. The topological polar surface area (TPSA) is 77.5 Å². The van der Waals surface area contributed by atoms with E-state index >= 15 is 0 Å². The van der Waals surface area contributed by atoms with Crippen molar-refractivity contribution in [1.29, 1.82) is 0 Å². The van der Waals surface area contributed by atoms with Crippen LogP contribution in [0.15, 0.2) is 60.7 Å². The van der Waals surface area contributed by atoms with Gasteiger partial charge in [0.2, 0.25) is 17.6 Å². The van der Waals surface area contributed by atoms with Crippen molar-refractivity contribution < 1.29 is 28.5 Å². The van der Waals surface area contributed by atoms with Gasteiger partial charge in [0.15, 0.2) is 11.5 Å². The highest BCUT2D eigenvalue weighted by atomic mass is 16.5. The van der Waals surface area contributed by atoms with Crippen LogP contribution in [0.2, 0.25) is 0 Å². The van der Waals surface area contributed by atoms with Gasteiger partial charge in [-0.1, -0.05) is 42.0 Å². The molecule has 8 heteroatoms. The number of ether oxygens (including phenoxy) is 4. The molecule has 2 amide bonds. The number of likely N-dealkylation sites (N-methyl/N-ethyl adjacent to an activating group) is 1. The van der Waals surface area contributed by atoms with Crippen LogP contribution in [0.3, 0.4) is 0 Å². The van der Waals surface area contributed by atoms with Crippen LogP contribution in [0.4, 0.5) is 0 Å². The highest BCUT2D eigenvalue weighted by Crippen LogP contribution is 2.41. The van der Waals surface area contributed by atoms with Crippen LogP contribution in [-0.2, 0) is 16.0 Å². The molecule has 1 aliphatic rings. The number of rotatable bonds is 9. The summed E-state index contributed by atoms with van der Waals surface area (Å²) in [6.07, 6.45) is 1.73. The van der Waals surface area contributed by atoms with Crippen molar-refractivity contribution in [1.82, 2.24) is 9.80 Å². The normalized spacial score (nSPS) is 14.8. The van der Waals surface area contributed by atoms with Crippen LogP contribution in [0, 0.1) is 6.92 Å². The van der Waals surface area contributed by atoms with Crippen LogP contribution in [0.25, 0.3) is 11.1 Å². The molecule has 214 valence electrons. The molecular formula is C32H40N2O6. The smallest absolute Gasteiger partial charge is 0.245 e. The lowest BCUT2D eigenvalue weighted by Crippen LogP contribution is -2.57. The molecule has 3 aromatic carbocycles. The van der Waals surface area contributed by atoms with Gasteiger partial charge in [-0.2, -0.15) is 0 Å². The molecule has 0 unspecified atom stereocenters. The fourth-order valence-electron chi connectivity index (χ4n) is 4.60. The number of carbonyl (C=O) groups excluding carboxylic acids is 2. The lowest BCUT2D eigenvalue weighted by molar-refractivity contribution is -0.153. The first-order chi connectivity index (χ1) is 19.2. The van der Waals surface area contributed by atoms with Crippen molar-refractivity contribution >= 4 is 11.8 Å². The van der Waals surface area contributed by atoms with E-state index < -0.39 is 0 Å². The first-order valence-electron chi connectivity index (χ1n) is 13.3. The summed E-state index contributed by atoms with van der Waals surface area (Å²) in [5.74, 6) is 2.82. The number of hydrogen-bond donors (Lipinski definition) is 0. The third kappa shape index (κ3) is 7.46. The van der Waals surface area contributed by atoms with E-state index in [1.54, 1.807) is 47.3 Å². The molecule has 0 aliphatic carbocycles. The van der Waals surface area contributed by atoms with Gasteiger partial charge < -0.3 is 28.7 Å². The maximum absolute atomic E-state index is 12.0. The Balaban J connectivity index is 0.000000222. The maximum atomic E-state index is 12.0. The SMILES string of the molecule is COc1cc(-c2ccc(C)cc2)cc(OC)c1OC.COc1ccc(CCCN2C(=O)CN(C)C(=O)[C@@H]2C)cc1. The molecule has 0 aromatic heterocycles. The third-order valence-electron chi connectivity index (χ3n) is 6.97. The van der Waals surface area contributed by atoms with Crippen LogP contribution in [-0.4, -0.2) is 76.2 Å². The van der Waals surface area contributed by atoms with E-state index in [-0.39, 0.29) is 24.4 Å². The Labute approximate surface area is 237 Å². The monoisotopic (exact) mass is 548 g/mol. The van der Waals surface area contributed by atoms with E-state index in [0.717, 1.165) is 29.7 Å². The molecule has 8 nitrogen and oxygen atoms in total. The standard InChI is InChI=1S/C16H22N2O3.C16H18O3/c1-12-16(20)17(2)11-15(19)18(12)10-4-5-13-6-8-14(21-3)9-7-13;1-11-5-7-12(8-6-11)13-9-14(17-2)16(19-4)15(10-13)18-3/h6-9,12H,4-5,10-11H2,1-3H3;5-10H,1-4H3/t12-;/m0./s1. The molecule has 1 saturated heterocycles. The number of hydrogen-bond acceptors (Lipinski definition) is 6. The molecule has 40 heavy (non-hydrogen) atoms. The minimum absolute atomic E-state index is 0.0130. The number of piperazine rings is 1. The first-order valence-corrected chi connectivity index (χ1v) is 13.3. The summed E-state index contributed by atoms with van der Waals surface area (Å²) in [7, 11) is 8.16. The summed E-state index contributed by atoms with van der Waals surface area (Å²) in [6.45, 7) is 4.67. The Morgan fingerprint density at radius 2 is 1.40 bits per heavy atom. The summed E-state index contributed by atoms with van der Waals surface area (Å²) in [5.41, 5.74) is 4.59. The average molecular weight is 549 g/mol. The fraction of sp³-hybridized carbons (Fsp3) is 0.375. The Morgan fingerprint density at radius 3 is 1.93 bits per heavy atom. The first kappa shape index (κ1) is 30.3. The lowest BCUT2D eigenvalue weighted by atomic mass is 10.0. The van der Waals surface area contributed by atoms with E-state index in [9.17, 15) is 9.59 Å². The summed E-state index contributed by atoms with van der Waals surface area (Å²) < 4.78 is 21.2. The van der Waals surface area contributed by atoms with Gasteiger partial charge in [-0.25, -0.2) is 0 Å². The summed E-state index contributed by atoms with van der Waals surface area (Å²) in [4.78, 5) is 27.1. The van der Waals surface area contributed by atoms with Crippen LogP contribution in [0.5, 0.6) is 23.0 Å². The quantitative estimate of drug-likeness (QED) is 0.374. The van der Waals surface area contributed by atoms with Gasteiger partial charge in [-0.05, 0) is 67.6 Å². The van der Waals surface area contributed by atoms with E-state index in [4.69, 9.17) is 18.9 Å². The highest BCUT2D eigenvalue weighted by Gasteiger charge is 2.33. The molecule has 3 aromatic rings. The number of benzene rings is 3. The van der Waals surface area contributed by atoms with Crippen molar-refractivity contribution in [2.24, 2.45) is 0 Å². The predicted molar refractivity (Wildman–Crippen MR) is 156 cm³/mol. The van der Waals surface area contributed by atoms with Crippen LogP contribution in [0.1, 0.15) is 24.5 Å².